The van der Waals surface area contributed by atoms with Gasteiger partial charge in [0.15, 0.2) is 0 Å². The lowest BCUT2D eigenvalue weighted by atomic mass is 10.0. The number of carbonyl (C=O) groups excluding carboxylic acids is 1. The van der Waals surface area contributed by atoms with E-state index < -0.39 is 15.7 Å². The summed E-state index contributed by atoms with van der Waals surface area (Å²) < 4.78 is 29.2. The summed E-state index contributed by atoms with van der Waals surface area (Å²) in [7, 11) is 4.97. The molecule has 0 bridgehead atoms. The van der Waals surface area contributed by atoms with Crippen LogP contribution in [0.15, 0.2) is 183 Å². The quantitative estimate of drug-likeness (QED) is 0.0802. The highest BCUT2D eigenvalue weighted by Crippen LogP contribution is 2.52. The molecule has 534 valence electrons. The molecular formula is C80H78N20O5S. The first-order valence-corrected chi connectivity index (χ1v) is 37.3. The molecule has 25 nitrogen and oxygen atoms in total. The number of piperidine rings is 2. The summed E-state index contributed by atoms with van der Waals surface area (Å²) in [5.74, 6) is 6.69. The van der Waals surface area contributed by atoms with E-state index in [-0.39, 0.29) is 23.0 Å². The number of anilines is 3. The number of benzene rings is 6. The zero-order valence-corrected chi connectivity index (χ0v) is 60.4. The van der Waals surface area contributed by atoms with Crippen molar-refractivity contribution in [2.45, 2.75) is 31.9 Å². The van der Waals surface area contributed by atoms with Crippen LogP contribution in [-0.2, 0) is 40.4 Å². The minimum Gasteiger partial charge on any atom is -0.494 e. The highest BCUT2D eigenvalue weighted by molar-refractivity contribution is 7.98. The lowest BCUT2D eigenvalue weighted by molar-refractivity contribution is -0.139. The van der Waals surface area contributed by atoms with E-state index >= 15 is 0 Å². The molecule has 0 spiro atoms. The van der Waals surface area contributed by atoms with Gasteiger partial charge in [-0.3, -0.25) is 33.0 Å². The van der Waals surface area contributed by atoms with Gasteiger partial charge in [-0.05, 0) is 116 Å². The number of hydrogen-bond donors (Lipinski definition) is 2. The molecule has 106 heavy (non-hydrogen) atoms. The van der Waals surface area contributed by atoms with E-state index in [2.05, 4.69) is 123 Å². The third-order valence-corrected chi connectivity index (χ3v) is 22.9. The Kier molecular flexibility index (Phi) is 16.9. The van der Waals surface area contributed by atoms with Gasteiger partial charge in [-0.25, -0.2) is 29.0 Å². The highest BCUT2D eigenvalue weighted by atomic mass is 32.2. The average molecular weight is 1430 g/mol. The number of amides is 1. The molecule has 3 atom stereocenters. The summed E-state index contributed by atoms with van der Waals surface area (Å²) >= 11 is 0. The molecule has 1 amide bonds. The van der Waals surface area contributed by atoms with Gasteiger partial charge in [0.25, 0.3) is 0 Å². The summed E-state index contributed by atoms with van der Waals surface area (Å²) in [5, 5.41) is 50.4. The van der Waals surface area contributed by atoms with E-state index in [0.717, 1.165) is 222 Å². The van der Waals surface area contributed by atoms with Crippen molar-refractivity contribution in [3.05, 3.63) is 194 Å². The van der Waals surface area contributed by atoms with Gasteiger partial charge in [-0.2, -0.15) is 30.6 Å². The monoisotopic (exact) mass is 1430 g/mol. The van der Waals surface area contributed by atoms with Crippen molar-refractivity contribution in [2.75, 3.05) is 74.2 Å². The number of pyridine rings is 3. The minimum absolute atomic E-state index is 0.0332. The van der Waals surface area contributed by atoms with Crippen LogP contribution in [0.5, 0.6) is 5.75 Å². The van der Waals surface area contributed by atoms with Crippen molar-refractivity contribution in [2.24, 2.45) is 44.0 Å². The molecule has 1 saturated carbocycles. The topological polar surface area (TPSA) is 265 Å². The van der Waals surface area contributed by atoms with Gasteiger partial charge in [-0.1, -0.05) is 84.9 Å². The van der Waals surface area contributed by atoms with Crippen LogP contribution in [0.2, 0.25) is 0 Å². The Labute approximate surface area is 610 Å². The Bertz CT molecular complexity index is 6010. The van der Waals surface area contributed by atoms with Gasteiger partial charge >= 0.3 is 5.97 Å². The summed E-state index contributed by atoms with van der Waals surface area (Å²) in [5.41, 5.74) is 16.6. The number of nitrogens with zero attached hydrogens (tertiary/aromatic N) is 19. The summed E-state index contributed by atoms with van der Waals surface area (Å²) in [4.78, 5) is 44.9. The van der Waals surface area contributed by atoms with Crippen LogP contribution in [0, 0.1) is 31.6 Å². The molecule has 4 aliphatic rings. The molecule has 3 N–H and O–H groups in total. The Morgan fingerprint density at radius 2 is 0.887 bits per heavy atom. The van der Waals surface area contributed by atoms with E-state index in [9.17, 15) is 18.9 Å². The van der Waals surface area contributed by atoms with Gasteiger partial charge in [0.05, 0.1) is 76.3 Å². The van der Waals surface area contributed by atoms with E-state index in [1.54, 1.807) is 12.0 Å². The zero-order chi connectivity index (χ0) is 72.8. The maximum atomic E-state index is 12.1. The number of carboxylic acid groups (broad SMARTS) is 1. The molecule has 12 heterocycles. The van der Waals surface area contributed by atoms with Gasteiger partial charge in [0, 0.05) is 156 Å². The van der Waals surface area contributed by atoms with Crippen LogP contribution in [0.3, 0.4) is 0 Å². The second-order valence-corrected chi connectivity index (χ2v) is 30.2. The first-order valence-electron chi connectivity index (χ1n) is 35.5. The number of para-hydroxylation sites is 3. The number of aromatic nitrogens is 15. The van der Waals surface area contributed by atoms with Crippen LogP contribution in [0.25, 0.3) is 116 Å². The van der Waals surface area contributed by atoms with Crippen molar-refractivity contribution in [3.63, 3.8) is 0 Å². The molecule has 26 heteroatoms. The van der Waals surface area contributed by atoms with Crippen LogP contribution < -0.4 is 24.6 Å². The van der Waals surface area contributed by atoms with Crippen molar-refractivity contribution in [3.8, 4) is 56.6 Å². The third kappa shape index (κ3) is 12.1. The van der Waals surface area contributed by atoms with Crippen LogP contribution >= 0.6 is 0 Å². The number of carbonyl (C=O) groups is 2. The average Bonchev–Trinajstić information content (AvgIpc) is 1.59. The molecule has 4 fully saturated rings. The number of aryl methyl sites for hydroxylation is 5. The molecule has 15 aromatic rings. The number of fused-ring (bicyclic) bond motifs is 7. The number of ether oxygens (including phenoxy) is 1. The van der Waals surface area contributed by atoms with E-state index in [4.69, 9.17) is 40.1 Å². The zero-order valence-electron chi connectivity index (χ0n) is 59.5. The number of hydrogen-bond acceptors (Lipinski definition) is 16. The molecular weight excluding hydrogens is 1350 g/mol. The smallest absolute Gasteiger partial charge is 0.307 e. The highest BCUT2D eigenvalue weighted by Gasteiger charge is 2.60. The normalized spacial score (nSPS) is 17.3. The van der Waals surface area contributed by atoms with E-state index in [1.165, 1.54) is 0 Å². The van der Waals surface area contributed by atoms with Crippen LogP contribution in [0.4, 0.5) is 17.5 Å². The second-order valence-electron chi connectivity index (χ2n) is 28.0. The van der Waals surface area contributed by atoms with Crippen molar-refractivity contribution < 1.29 is 23.6 Å². The standard InChI is InChI=1S/C27H29N7OS.C27H24N6O3.C26H25N7O/c1-18-6-4-8-22-26(21-7-5-9-24-23(21)17-32(2)30-24)31-34(27(18)22)19-10-11-25(29-16-19)33-14-12-20(13-15-33)36(3,28)35;1-31-12-18-16(5-3-7-21(18)29-31)25-17-6-4-8-22(36-2)26(17)33(30-25)15-9-10-23(28-11-15)32-13-19-20(14-32)24(19)27(34)35;1-18-5-3-7-21-25(20-6-4-8-23-22(20)16-30(2)28-23)29-33(26(18)21)19-9-10-24(27-15-19)32-13-11-31(17-34)12-14-32/h4-11,16-17,20H,3,12-15H2,1-2H3,(H2,28,35);3-12,19-20,24H,13-14H2,1-2H3,(H,34,35);3-10,15-17H,11-14H2,1-2H3. The Hall–Kier alpha value is -12.3. The van der Waals surface area contributed by atoms with E-state index in [1.807, 2.05) is 159 Å². The lowest BCUT2D eigenvalue weighted by Gasteiger charge is -2.33. The molecule has 1 aliphatic carbocycles. The van der Waals surface area contributed by atoms with Crippen LogP contribution in [-0.4, -0.2) is 171 Å². The predicted molar refractivity (Wildman–Crippen MR) is 417 cm³/mol. The van der Waals surface area contributed by atoms with Gasteiger partial charge in [0.2, 0.25) is 6.41 Å². The van der Waals surface area contributed by atoms with Crippen molar-refractivity contribution in [1.29, 1.82) is 0 Å². The molecule has 3 aliphatic heterocycles. The minimum atomic E-state index is -2.50. The summed E-state index contributed by atoms with van der Waals surface area (Å²) in [6.07, 6.45) is 14.1. The van der Waals surface area contributed by atoms with E-state index in [0.29, 0.717) is 0 Å². The van der Waals surface area contributed by atoms with Crippen molar-refractivity contribution >= 4 is 111 Å². The Morgan fingerprint density at radius 1 is 0.500 bits per heavy atom. The maximum Gasteiger partial charge on any atom is 0.307 e. The second kappa shape index (κ2) is 26.8. The lowest BCUT2D eigenvalue weighted by Crippen LogP contribution is -2.46. The Balaban J connectivity index is 0.000000117. The molecule has 3 saturated heterocycles. The summed E-state index contributed by atoms with van der Waals surface area (Å²) in [6, 6.07) is 49.2. The van der Waals surface area contributed by atoms with Gasteiger partial charge in [-0.15, -0.1) is 0 Å². The number of carboxylic acids is 1. The molecule has 19 rings (SSSR count). The molecule has 0 radical (unpaired) electrons. The van der Waals surface area contributed by atoms with Gasteiger partial charge in [0.1, 0.15) is 45.8 Å². The fraction of sp³-hybridized carbons (Fsp3) is 0.250. The maximum absolute atomic E-state index is 12.1. The molecule has 9 aromatic heterocycles. The first-order chi connectivity index (χ1) is 51.4. The number of aliphatic carboxylic acids is 1. The number of methoxy groups -OCH3 is 1. The fourth-order valence-corrected chi connectivity index (χ4v) is 16.9. The van der Waals surface area contributed by atoms with Crippen LogP contribution in [0.1, 0.15) is 24.0 Å². The molecule has 3 unspecified atom stereocenters. The third-order valence-electron chi connectivity index (χ3n) is 21.3. The molecule has 6 aromatic carbocycles. The SMILES string of the molecule is C=S(N)(=O)C1CCN(c2ccc(-n3nc(-c4cccc5nn(C)cc45)c4cccc(C)c43)cn2)CC1.COc1cccc2c(-c3cccc4nn(C)cc34)nn(-c3ccc(N4CC5C(C4)C5C(=O)O)nc3)c12.Cc1cccc2c(-c3cccc4nn(C)cc34)nn(-c3ccc(N4CCN(C=O)CC4)nc3)c12. The van der Waals surface area contributed by atoms with Gasteiger partial charge < -0.3 is 29.4 Å². The Morgan fingerprint density at radius 3 is 1.27 bits per heavy atom. The summed E-state index contributed by atoms with van der Waals surface area (Å²) in [6.45, 7) is 10.3. The first kappa shape index (κ1) is 66.9. The largest absolute Gasteiger partial charge is 0.494 e. The van der Waals surface area contributed by atoms with Crippen molar-refractivity contribution in [1.82, 2.24) is 78.5 Å². The number of nitrogens with two attached hydrogens (primary N) is 1. The fourth-order valence-electron chi connectivity index (χ4n) is 15.9. The number of rotatable bonds is 13. The number of piperazine rings is 1. The predicted octanol–water partition coefficient (Wildman–Crippen LogP) is 11.2.